The normalized spacial score (nSPS) is 16.6. The van der Waals surface area contributed by atoms with E-state index in [1.165, 1.54) is 7.11 Å². The molecule has 0 aliphatic carbocycles. The van der Waals surface area contributed by atoms with E-state index in [0.29, 0.717) is 53.7 Å². The van der Waals surface area contributed by atoms with Gasteiger partial charge in [-0.2, -0.15) is 0 Å². The molecule has 3 aliphatic rings. The molecule has 4 aromatic rings. The molecule has 1 atom stereocenters. The van der Waals surface area contributed by atoms with Crippen molar-refractivity contribution in [1.82, 2.24) is 19.7 Å². The van der Waals surface area contributed by atoms with Crippen LogP contribution in [0, 0.1) is 0 Å². The van der Waals surface area contributed by atoms with Crippen molar-refractivity contribution in [2.24, 2.45) is 12.0 Å². The van der Waals surface area contributed by atoms with Crippen molar-refractivity contribution in [2.75, 3.05) is 65.0 Å². The standard InChI is InChI=1S/C42H48N6O7/c1-46-28-31(23-37(46)41(50)44-26-29-7-13-34(14-8-29)54-22-18-47-16-20-53-21-17-47)30-9-11-32(12-10-30)45-40(49)6-4-19-55-39-25-36-35(24-38(39)52-2)42(51)48-15-3-5-33(48)27-43-36/h7-14,23-25,27-28,33H,3-6,15-22,26H2,1-2H3,(H,44,50)(H,45,49)/t33-/m0/s1. The third-order valence-corrected chi connectivity index (χ3v) is 10.2. The van der Waals surface area contributed by atoms with E-state index in [-0.39, 0.29) is 36.8 Å². The average molecular weight is 749 g/mol. The van der Waals surface area contributed by atoms with Crippen molar-refractivity contribution in [3.05, 3.63) is 89.7 Å². The van der Waals surface area contributed by atoms with Gasteiger partial charge in [0.15, 0.2) is 11.5 Å². The topological polar surface area (TPSA) is 136 Å². The van der Waals surface area contributed by atoms with E-state index in [2.05, 4.69) is 20.5 Å². The monoisotopic (exact) mass is 748 g/mol. The number of hydrogen-bond donors (Lipinski definition) is 2. The van der Waals surface area contributed by atoms with E-state index < -0.39 is 0 Å². The van der Waals surface area contributed by atoms with Gasteiger partial charge in [-0.05, 0) is 66.8 Å². The summed E-state index contributed by atoms with van der Waals surface area (Å²) in [5.41, 5.74) is 5.08. The van der Waals surface area contributed by atoms with Crippen LogP contribution in [-0.2, 0) is 23.1 Å². The maximum atomic E-state index is 13.1. The van der Waals surface area contributed by atoms with Crippen molar-refractivity contribution in [3.8, 4) is 28.4 Å². The zero-order valence-corrected chi connectivity index (χ0v) is 31.4. The van der Waals surface area contributed by atoms with Crippen molar-refractivity contribution < 1.29 is 33.3 Å². The van der Waals surface area contributed by atoms with Gasteiger partial charge < -0.3 is 39.0 Å². The lowest BCUT2D eigenvalue weighted by Gasteiger charge is -2.26. The molecule has 2 fully saturated rings. The minimum Gasteiger partial charge on any atom is -0.493 e. The number of methoxy groups -OCH3 is 1. The van der Waals surface area contributed by atoms with Crippen molar-refractivity contribution >= 4 is 35.3 Å². The summed E-state index contributed by atoms with van der Waals surface area (Å²) in [6.45, 7) is 6.32. The lowest BCUT2D eigenvalue weighted by Crippen LogP contribution is -2.38. The van der Waals surface area contributed by atoms with Crippen molar-refractivity contribution in [2.45, 2.75) is 38.3 Å². The number of amides is 3. The SMILES string of the molecule is COc1cc2c(cc1OCCCC(=O)Nc1ccc(-c3cc(C(=O)NCc4ccc(OCCN5CCOCC5)cc4)n(C)c3)cc1)N=C[C@@H]1CCCN1C2=O. The molecule has 13 nitrogen and oxygen atoms in total. The van der Waals surface area contributed by atoms with Gasteiger partial charge in [0.25, 0.3) is 11.8 Å². The van der Waals surface area contributed by atoms with Gasteiger partial charge in [-0.1, -0.05) is 24.3 Å². The third-order valence-electron chi connectivity index (χ3n) is 10.2. The predicted octanol–water partition coefficient (Wildman–Crippen LogP) is 5.46. The molecule has 0 bridgehead atoms. The Labute approximate surface area is 321 Å². The molecule has 3 aliphatic heterocycles. The lowest BCUT2D eigenvalue weighted by molar-refractivity contribution is -0.116. The van der Waals surface area contributed by atoms with Crippen molar-refractivity contribution in [3.63, 3.8) is 0 Å². The fourth-order valence-electron chi connectivity index (χ4n) is 7.05. The van der Waals surface area contributed by atoms with Crippen LogP contribution in [0.15, 0.2) is 77.9 Å². The number of morpholine rings is 1. The first-order valence-corrected chi connectivity index (χ1v) is 18.9. The molecule has 7 rings (SSSR count). The van der Waals surface area contributed by atoms with Gasteiger partial charge in [-0.25, -0.2) is 0 Å². The molecule has 55 heavy (non-hydrogen) atoms. The second-order valence-corrected chi connectivity index (χ2v) is 13.9. The number of anilines is 1. The van der Waals surface area contributed by atoms with Crippen LogP contribution in [0.5, 0.6) is 17.2 Å². The molecule has 0 radical (unpaired) electrons. The number of ether oxygens (including phenoxy) is 4. The van der Waals surface area contributed by atoms with Gasteiger partial charge >= 0.3 is 0 Å². The minimum absolute atomic E-state index is 0.0213. The Kier molecular flexibility index (Phi) is 12.1. The van der Waals surface area contributed by atoms with Gasteiger partial charge in [0.05, 0.1) is 44.2 Å². The first-order chi connectivity index (χ1) is 26.8. The Balaban J connectivity index is 0.847. The van der Waals surface area contributed by atoms with Crippen LogP contribution in [-0.4, -0.2) is 104 Å². The number of aliphatic imine (C=N–C) groups is 1. The predicted molar refractivity (Wildman–Crippen MR) is 210 cm³/mol. The summed E-state index contributed by atoms with van der Waals surface area (Å²) >= 11 is 0. The van der Waals surface area contributed by atoms with Crippen LogP contribution < -0.4 is 24.8 Å². The zero-order valence-electron chi connectivity index (χ0n) is 31.4. The van der Waals surface area contributed by atoms with Gasteiger partial charge in [-0.3, -0.25) is 24.3 Å². The number of aromatic nitrogens is 1. The molecule has 3 amide bonds. The van der Waals surface area contributed by atoms with E-state index in [1.54, 1.807) is 12.1 Å². The fraction of sp³-hybridized carbons (Fsp3) is 0.381. The molecule has 0 saturated carbocycles. The summed E-state index contributed by atoms with van der Waals surface area (Å²) in [7, 11) is 3.39. The van der Waals surface area contributed by atoms with Gasteiger partial charge in [0.1, 0.15) is 18.1 Å². The number of nitrogens with zero attached hydrogens (tertiary/aromatic N) is 4. The van der Waals surface area contributed by atoms with E-state index >= 15 is 0 Å². The number of hydrogen-bond acceptors (Lipinski definition) is 9. The molecule has 2 N–H and O–H groups in total. The largest absolute Gasteiger partial charge is 0.493 e. The third kappa shape index (κ3) is 9.35. The highest BCUT2D eigenvalue weighted by atomic mass is 16.5. The first-order valence-electron chi connectivity index (χ1n) is 18.9. The smallest absolute Gasteiger partial charge is 0.268 e. The van der Waals surface area contributed by atoms with Gasteiger partial charge in [0, 0.05) is 75.9 Å². The molecule has 0 spiro atoms. The van der Waals surface area contributed by atoms with Crippen LogP contribution in [0.25, 0.3) is 11.1 Å². The van der Waals surface area contributed by atoms with E-state index in [0.717, 1.165) is 74.7 Å². The fourth-order valence-corrected chi connectivity index (χ4v) is 7.05. The van der Waals surface area contributed by atoms with Crippen molar-refractivity contribution in [1.29, 1.82) is 0 Å². The molecule has 0 unspecified atom stereocenters. The average Bonchev–Trinajstić information content (AvgIpc) is 3.82. The molecule has 1 aromatic heterocycles. The van der Waals surface area contributed by atoms with Gasteiger partial charge in [0.2, 0.25) is 5.91 Å². The summed E-state index contributed by atoms with van der Waals surface area (Å²) in [6.07, 6.45) is 6.37. The summed E-state index contributed by atoms with van der Waals surface area (Å²) < 4.78 is 24.6. The Hall–Kier alpha value is -5.66. The number of benzene rings is 3. The Morgan fingerprint density at radius 3 is 2.51 bits per heavy atom. The van der Waals surface area contributed by atoms with Crippen LogP contribution >= 0.6 is 0 Å². The van der Waals surface area contributed by atoms with Crippen LogP contribution in [0.2, 0.25) is 0 Å². The summed E-state index contributed by atoms with van der Waals surface area (Å²) in [5, 5.41) is 5.96. The molecular formula is C42H48N6O7. The maximum absolute atomic E-state index is 13.1. The Bertz CT molecular complexity index is 2000. The number of fused-ring (bicyclic) bond motifs is 2. The van der Waals surface area contributed by atoms with E-state index in [9.17, 15) is 14.4 Å². The van der Waals surface area contributed by atoms with Crippen LogP contribution in [0.4, 0.5) is 11.4 Å². The number of carbonyl (C=O) groups is 3. The molecular weight excluding hydrogens is 700 g/mol. The van der Waals surface area contributed by atoms with Gasteiger partial charge in [-0.15, -0.1) is 0 Å². The molecule has 13 heteroatoms. The minimum atomic E-state index is -0.170. The highest BCUT2D eigenvalue weighted by Crippen LogP contribution is 2.38. The quantitative estimate of drug-likeness (QED) is 0.153. The highest BCUT2D eigenvalue weighted by molar-refractivity contribution is 6.03. The van der Waals surface area contributed by atoms with E-state index in [4.69, 9.17) is 18.9 Å². The Morgan fingerprint density at radius 1 is 0.927 bits per heavy atom. The molecule has 4 heterocycles. The first kappa shape index (κ1) is 37.6. The van der Waals surface area contributed by atoms with Crippen LogP contribution in [0.1, 0.15) is 52.1 Å². The summed E-state index contributed by atoms with van der Waals surface area (Å²) in [6, 6.07) is 20.6. The number of carbonyl (C=O) groups excluding carboxylic acids is 3. The molecule has 288 valence electrons. The van der Waals surface area contributed by atoms with E-state index in [1.807, 2.05) is 83.5 Å². The molecule has 3 aromatic carbocycles. The Morgan fingerprint density at radius 2 is 1.73 bits per heavy atom. The lowest BCUT2D eigenvalue weighted by atomic mass is 10.1. The number of aryl methyl sites for hydroxylation is 1. The summed E-state index contributed by atoms with van der Waals surface area (Å²) in [4.78, 5) is 47.7. The zero-order chi connectivity index (χ0) is 38.1. The van der Waals surface area contributed by atoms with Crippen LogP contribution in [0.3, 0.4) is 0 Å². The number of rotatable bonds is 15. The highest BCUT2D eigenvalue weighted by Gasteiger charge is 2.32. The second kappa shape index (κ2) is 17.7. The number of nitrogens with one attached hydrogen (secondary N) is 2. The molecule has 2 saturated heterocycles. The maximum Gasteiger partial charge on any atom is 0.268 e. The second-order valence-electron chi connectivity index (χ2n) is 13.9. The summed E-state index contributed by atoms with van der Waals surface area (Å²) in [5.74, 6) is 1.40.